The zero-order valence-corrected chi connectivity index (χ0v) is 6.33. The maximum absolute atomic E-state index is 12.8. The Hall–Kier alpha value is -1.45. The SMILES string of the molecule is O=C(O)CCc1ccncc1F. The number of aliphatic carboxylic acids is 1. The number of rotatable bonds is 3. The van der Waals surface area contributed by atoms with Crippen LogP contribution in [-0.4, -0.2) is 16.1 Å². The van der Waals surface area contributed by atoms with E-state index in [9.17, 15) is 9.18 Å². The molecule has 0 atom stereocenters. The molecule has 0 aliphatic carbocycles. The van der Waals surface area contributed by atoms with Gasteiger partial charge in [-0.3, -0.25) is 9.78 Å². The summed E-state index contributed by atoms with van der Waals surface area (Å²) < 4.78 is 12.8. The summed E-state index contributed by atoms with van der Waals surface area (Å²) >= 11 is 0. The van der Waals surface area contributed by atoms with Crippen LogP contribution in [0.3, 0.4) is 0 Å². The summed E-state index contributed by atoms with van der Waals surface area (Å²) in [6, 6.07) is 1.48. The molecule has 1 aromatic heterocycles. The lowest BCUT2D eigenvalue weighted by molar-refractivity contribution is -0.136. The van der Waals surface area contributed by atoms with Crippen molar-refractivity contribution in [2.24, 2.45) is 0 Å². The maximum Gasteiger partial charge on any atom is 0.303 e. The van der Waals surface area contributed by atoms with Gasteiger partial charge in [0, 0.05) is 12.6 Å². The number of carbonyl (C=O) groups is 1. The lowest BCUT2D eigenvalue weighted by atomic mass is 10.1. The van der Waals surface area contributed by atoms with Crippen LogP contribution in [0.5, 0.6) is 0 Å². The Bertz CT molecular complexity index is 288. The lowest BCUT2D eigenvalue weighted by Crippen LogP contribution is -1.99. The number of carboxylic acid groups (broad SMARTS) is 1. The first-order chi connectivity index (χ1) is 5.70. The average Bonchev–Trinajstić information content (AvgIpc) is 2.03. The second kappa shape index (κ2) is 3.80. The molecule has 1 aromatic rings. The van der Waals surface area contributed by atoms with Gasteiger partial charge >= 0.3 is 5.97 Å². The van der Waals surface area contributed by atoms with E-state index in [1.54, 1.807) is 0 Å². The molecule has 4 heteroatoms. The first-order valence-electron chi connectivity index (χ1n) is 3.50. The molecule has 0 radical (unpaired) electrons. The number of aromatic nitrogens is 1. The molecular weight excluding hydrogens is 161 g/mol. The molecule has 0 aliphatic heterocycles. The normalized spacial score (nSPS) is 9.75. The third kappa shape index (κ3) is 2.30. The fraction of sp³-hybridized carbons (Fsp3) is 0.250. The van der Waals surface area contributed by atoms with Crippen molar-refractivity contribution in [2.75, 3.05) is 0 Å². The monoisotopic (exact) mass is 169 g/mol. The highest BCUT2D eigenvalue weighted by Crippen LogP contribution is 2.06. The standard InChI is InChI=1S/C8H8FNO2/c9-7-5-10-4-3-6(7)1-2-8(11)12/h3-5H,1-2H2,(H,11,12). The zero-order chi connectivity index (χ0) is 8.97. The van der Waals surface area contributed by atoms with E-state index in [2.05, 4.69) is 4.98 Å². The Kier molecular flexibility index (Phi) is 2.74. The van der Waals surface area contributed by atoms with Crippen LogP contribution in [0.2, 0.25) is 0 Å². The summed E-state index contributed by atoms with van der Waals surface area (Å²) in [5, 5.41) is 8.33. The molecule has 0 aromatic carbocycles. The van der Waals surface area contributed by atoms with E-state index in [-0.39, 0.29) is 12.8 Å². The highest BCUT2D eigenvalue weighted by molar-refractivity contribution is 5.67. The Balaban J connectivity index is 2.63. The van der Waals surface area contributed by atoms with E-state index in [4.69, 9.17) is 5.11 Å². The summed E-state index contributed by atoms with van der Waals surface area (Å²) in [5.74, 6) is -1.37. The van der Waals surface area contributed by atoms with E-state index < -0.39 is 11.8 Å². The largest absolute Gasteiger partial charge is 0.481 e. The van der Waals surface area contributed by atoms with Gasteiger partial charge in [-0.2, -0.15) is 0 Å². The molecule has 0 aliphatic rings. The van der Waals surface area contributed by atoms with Gasteiger partial charge in [0.05, 0.1) is 6.20 Å². The van der Waals surface area contributed by atoms with Crippen LogP contribution in [0, 0.1) is 5.82 Å². The first-order valence-corrected chi connectivity index (χ1v) is 3.50. The third-order valence-corrected chi connectivity index (χ3v) is 1.46. The molecule has 0 fully saturated rings. The van der Waals surface area contributed by atoms with Crippen molar-refractivity contribution < 1.29 is 14.3 Å². The second-order valence-electron chi connectivity index (χ2n) is 2.36. The molecule has 1 N–H and O–H groups in total. The Labute approximate surface area is 68.9 Å². The van der Waals surface area contributed by atoms with Crippen LogP contribution in [-0.2, 0) is 11.2 Å². The van der Waals surface area contributed by atoms with Gasteiger partial charge in [-0.1, -0.05) is 0 Å². The smallest absolute Gasteiger partial charge is 0.303 e. The number of carboxylic acids is 1. The van der Waals surface area contributed by atoms with Crippen LogP contribution >= 0.6 is 0 Å². The number of nitrogens with zero attached hydrogens (tertiary/aromatic N) is 1. The van der Waals surface area contributed by atoms with Gasteiger partial charge in [0.1, 0.15) is 5.82 Å². The van der Waals surface area contributed by atoms with Crippen molar-refractivity contribution in [3.05, 3.63) is 29.8 Å². The highest BCUT2D eigenvalue weighted by Gasteiger charge is 2.03. The number of pyridine rings is 1. The number of halogens is 1. The van der Waals surface area contributed by atoms with Crippen LogP contribution in [0.15, 0.2) is 18.5 Å². The molecule has 0 saturated carbocycles. The Morgan fingerprint density at radius 2 is 2.42 bits per heavy atom. The highest BCUT2D eigenvalue weighted by atomic mass is 19.1. The molecule has 12 heavy (non-hydrogen) atoms. The van der Waals surface area contributed by atoms with Crippen molar-refractivity contribution in [1.29, 1.82) is 0 Å². The molecule has 1 heterocycles. The van der Waals surface area contributed by atoms with Gasteiger partial charge in [0.25, 0.3) is 0 Å². The minimum atomic E-state index is -0.925. The van der Waals surface area contributed by atoms with Gasteiger partial charge in [-0.25, -0.2) is 4.39 Å². The molecule has 64 valence electrons. The van der Waals surface area contributed by atoms with Gasteiger partial charge in [-0.05, 0) is 18.1 Å². The molecular formula is C8H8FNO2. The predicted octanol–water partition coefficient (Wildman–Crippen LogP) is 1.24. The second-order valence-corrected chi connectivity index (χ2v) is 2.36. The van der Waals surface area contributed by atoms with Crippen LogP contribution in [0.4, 0.5) is 4.39 Å². The molecule has 0 unspecified atom stereocenters. The third-order valence-electron chi connectivity index (χ3n) is 1.46. The Morgan fingerprint density at radius 3 is 3.00 bits per heavy atom. The van der Waals surface area contributed by atoms with Crippen molar-refractivity contribution in [3.63, 3.8) is 0 Å². The molecule has 3 nitrogen and oxygen atoms in total. The maximum atomic E-state index is 12.8. The number of hydrogen-bond acceptors (Lipinski definition) is 2. The summed E-state index contributed by atoms with van der Waals surface area (Å²) in [6.45, 7) is 0. The van der Waals surface area contributed by atoms with Crippen molar-refractivity contribution >= 4 is 5.97 Å². The lowest BCUT2D eigenvalue weighted by Gasteiger charge is -1.98. The number of hydrogen-bond donors (Lipinski definition) is 1. The fourth-order valence-corrected chi connectivity index (χ4v) is 0.848. The molecule has 0 saturated heterocycles. The van der Waals surface area contributed by atoms with Gasteiger partial charge in [0.2, 0.25) is 0 Å². The van der Waals surface area contributed by atoms with Gasteiger partial charge in [0.15, 0.2) is 0 Å². The van der Waals surface area contributed by atoms with E-state index in [1.165, 1.54) is 12.3 Å². The van der Waals surface area contributed by atoms with Crippen LogP contribution in [0.25, 0.3) is 0 Å². The van der Waals surface area contributed by atoms with E-state index in [0.29, 0.717) is 5.56 Å². The summed E-state index contributed by atoms with van der Waals surface area (Å²) in [5.41, 5.74) is 0.396. The minimum Gasteiger partial charge on any atom is -0.481 e. The molecule has 1 rings (SSSR count). The van der Waals surface area contributed by atoms with E-state index in [0.717, 1.165) is 6.20 Å². The number of aryl methyl sites for hydroxylation is 1. The van der Waals surface area contributed by atoms with Crippen molar-refractivity contribution in [2.45, 2.75) is 12.8 Å². The van der Waals surface area contributed by atoms with Crippen LogP contribution < -0.4 is 0 Å². The predicted molar refractivity (Wildman–Crippen MR) is 40.2 cm³/mol. The van der Waals surface area contributed by atoms with Crippen molar-refractivity contribution in [3.8, 4) is 0 Å². The Morgan fingerprint density at radius 1 is 1.67 bits per heavy atom. The topological polar surface area (TPSA) is 50.2 Å². The summed E-state index contributed by atoms with van der Waals surface area (Å²) in [7, 11) is 0. The van der Waals surface area contributed by atoms with Gasteiger partial charge in [-0.15, -0.1) is 0 Å². The van der Waals surface area contributed by atoms with Crippen LogP contribution in [0.1, 0.15) is 12.0 Å². The summed E-state index contributed by atoms with van der Waals surface area (Å²) in [6.07, 6.45) is 2.68. The molecule has 0 amide bonds. The quantitative estimate of drug-likeness (QED) is 0.740. The first kappa shape index (κ1) is 8.64. The van der Waals surface area contributed by atoms with Gasteiger partial charge < -0.3 is 5.11 Å². The summed E-state index contributed by atoms with van der Waals surface area (Å²) in [4.78, 5) is 13.7. The van der Waals surface area contributed by atoms with E-state index >= 15 is 0 Å². The fourth-order valence-electron chi connectivity index (χ4n) is 0.848. The molecule has 0 spiro atoms. The molecule has 0 bridgehead atoms. The minimum absolute atomic E-state index is 0.0546. The zero-order valence-electron chi connectivity index (χ0n) is 6.33. The average molecular weight is 169 g/mol. The van der Waals surface area contributed by atoms with E-state index in [1.807, 2.05) is 0 Å². The van der Waals surface area contributed by atoms with Crippen molar-refractivity contribution in [1.82, 2.24) is 4.98 Å².